The number of hydrogen-bond acceptors (Lipinski definition) is 6. The molecule has 0 aliphatic carbocycles. The Balaban J connectivity index is 1.51. The first kappa shape index (κ1) is 21.6. The fourth-order valence-electron chi connectivity index (χ4n) is 4.92. The van der Waals surface area contributed by atoms with E-state index in [9.17, 15) is 14.7 Å². The van der Waals surface area contributed by atoms with Gasteiger partial charge in [-0.15, -0.1) is 0 Å². The van der Waals surface area contributed by atoms with Crippen molar-refractivity contribution >= 4 is 17.4 Å². The Morgan fingerprint density at radius 1 is 1.18 bits per heavy atom. The normalized spacial score (nSPS) is 24.7. The van der Waals surface area contributed by atoms with Gasteiger partial charge in [-0.3, -0.25) is 14.6 Å². The van der Waals surface area contributed by atoms with Crippen molar-refractivity contribution in [3.63, 3.8) is 0 Å². The molecule has 1 aromatic carbocycles. The first-order chi connectivity index (χ1) is 16.0. The van der Waals surface area contributed by atoms with E-state index in [1.54, 1.807) is 35.5 Å². The molecule has 4 heterocycles. The van der Waals surface area contributed by atoms with Gasteiger partial charge in [-0.1, -0.05) is 0 Å². The van der Waals surface area contributed by atoms with E-state index >= 15 is 0 Å². The minimum Gasteiger partial charge on any atom is -0.507 e. The van der Waals surface area contributed by atoms with Crippen molar-refractivity contribution in [3.05, 3.63) is 65.0 Å². The third-order valence-electron chi connectivity index (χ3n) is 6.64. The van der Waals surface area contributed by atoms with Crippen molar-refractivity contribution in [2.75, 3.05) is 39.4 Å². The molecule has 1 aromatic heterocycles. The third-order valence-corrected chi connectivity index (χ3v) is 6.64. The number of aromatic nitrogens is 1. The highest BCUT2D eigenvalue weighted by Crippen LogP contribution is 2.40. The van der Waals surface area contributed by atoms with E-state index < -0.39 is 17.7 Å². The zero-order valence-electron chi connectivity index (χ0n) is 18.6. The van der Waals surface area contributed by atoms with E-state index in [-0.39, 0.29) is 17.4 Å². The van der Waals surface area contributed by atoms with Crippen LogP contribution >= 0.6 is 0 Å². The first-order valence-electron chi connectivity index (χ1n) is 11.4. The number of fused-ring (bicyclic) bond motifs is 1. The summed E-state index contributed by atoms with van der Waals surface area (Å²) in [7, 11) is 0. The zero-order chi connectivity index (χ0) is 22.9. The van der Waals surface area contributed by atoms with Gasteiger partial charge in [0.05, 0.1) is 37.9 Å². The lowest BCUT2D eigenvalue weighted by Gasteiger charge is -2.29. The highest BCUT2D eigenvalue weighted by atomic mass is 16.5. The molecule has 2 atom stereocenters. The summed E-state index contributed by atoms with van der Waals surface area (Å²) >= 11 is 0. The Kier molecular flexibility index (Phi) is 5.86. The van der Waals surface area contributed by atoms with Gasteiger partial charge in [0.15, 0.2) is 0 Å². The fraction of sp³-hybridized carbons (Fsp3) is 0.400. The number of likely N-dealkylation sites (tertiary alicyclic amines) is 1. The Labute approximate surface area is 192 Å². The molecule has 2 fully saturated rings. The van der Waals surface area contributed by atoms with E-state index in [0.29, 0.717) is 31.9 Å². The number of aliphatic hydroxyl groups excluding tert-OH is 1. The van der Waals surface area contributed by atoms with Crippen LogP contribution in [0.3, 0.4) is 0 Å². The molecular weight excluding hydrogens is 422 g/mol. The maximum absolute atomic E-state index is 13.2. The standard InChI is InChI=1S/C25H27N3O5/c1-16-14-19-15-18(2-3-20(19)33-16)23(29)21-22(17-4-6-26-7-5-17)28(25(31)24(21)30)9-8-27-10-12-32-13-11-27/h2-7,15-16,22,29H,8-14H2,1H3/p+1/t16-,22-/m1/s1. The van der Waals surface area contributed by atoms with Crippen molar-refractivity contribution < 1.29 is 29.1 Å². The van der Waals surface area contributed by atoms with Crippen molar-refractivity contribution in [2.45, 2.75) is 25.5 Å². The van der Waals surface area contributed by atoms with Gasteiger partial charge in [0, 0.05) is 24.4 Å². The predicted octanol–water partition coefficient (Wildman–Crippen LogP) is 0.742. The molecule has 33 heavy (non-hydrogen) atoms. The van der Waals surface area contributed by atoms with Crippen LogP contribution in [0.25, 0.3) is 5.76 Å². The number of hydrogen-bond donors (Lipinski definition) is 2. The van der Waals surface area contributed by atoms with Crippen LogP contribution < -0.4 is 9.64 Å². The molecule has 8 nitrogen and oxygen atoms in total. The van der Waals surface area contributed by atoms with E-state index in [4.69, 9.17) is 9.47 Å². The number of nitrogens with zero attached hydrogens (tertiary/aromatic N) is 2. The second-order valence-corrected chi connectivity index (χ2v) is 8.84. The minimum absolute atomic E-state index is 0.0717. The SMILES string of the molecule is C[C@@H]1Cc2cc(C(O)=C3C(=O)C(=O)N(CC[NH+]4CCOCC4)[C@@H]3c3ccncc3)ccc2O1. The van der Waals surface area contributed by atoms with Crippen LogP contribution in [0.4, 0.5) is 0 Å². The second-order valence-electron chi connectivity index (χ2n) is 8.84. The molecule has 0 bridgehead atoms. The Hall–Kier alpha value is -3.23. The number of aliphatic hydroxyl groups is 1. The van der Waals surface area contributed by atoms with Crippen molar-refractivity contribution in [1.82, 2.24) is 9.88 Å². The quantitative estimate of drug-likeness (QED) is 0.397. The van der Waals surface area contributed by atoms with Gasteiger partial charge in [-0.2, -0.15) is 0 Å². The number of amides is 1. The van der Waals surface area contributed by atoms with Crippen LogP contribution in [-0.4, -0.2) is 72.2 Å². The second kappa shape index (κ2) is 8.96. The van der Waals surface area contributed by atoms with Gasteiger partial charge < -0.3 is 24.4 Å². The largest absolute Gasteiger partial charge is 0.507 e. The van der Waals surface area contributed by atoms with Crippen LogP contribution in [0.2, 0.25) is 0 Å². The molecule has 0 saturated carbocycles. The van der Waals surface area contributed by atoms with E-state index in [1.807, 2.05) is 19.1 Å². The highest BCUT2D eigenvalue weighted by molar-refractivity contribution is 6.46. The Morgan fingerprint density at radius 3 is 2.70 bits per heavy atom. The number of carbonyl (C=O) groups is 2. The number of ketones is 1. The summed E-state index contributed by atoms with van der Waals surface area (Å²) in [6, 6.07) is 8.32. The average Bonchev–Trinajstić information content (AvgIpc) is 3.34. The van der Waals surface area contributed by atoms with E-state index in [0.717, 1.165) is 36.4 Å². The molecule has 3 aliphatic rings. The topological polar surface area (TPSA) is 93.4 Å². The van der Waals surface area contributed by atoms with Crippen LogP contribution in [0.1, 0.15) is 29.7 Å². The molecule has 2 aromatic rings. The van der Waals surface area contributed by atoms with E-state index in [2.05, 4.69) is 4.98 Å². The summed E-state index contributed by atoms with van der Waals surface area (Å²) in [5, 5.41) is 11.3. The molecule has 3 aliphatic heterocycles. The number of quaternary nitrogens is 1. The fourth-order valence-corrected chi connectivity index (χ4v) is 4.92. The molecular formula is C25H28N3O5+. The lowest BCUT2D eigenvalue weighted by Crippen LogP contribution is -3.14. The number of benzene rings is 1. The number of Topliss-reactive ketones (excluding diaryl/α,β-unsaturated/α-hetero) is 1. The van der Waals surface area contributed by atoms with Crippen LogP contribution in [0.5, 0.6) is 5.75 Å². The van der Waals surface area contributed by atoms with Crippen LogP contribution in [-0.2, 0) is 20.7 Å². The Morgan fingerprint density at radius 2 is 1.94 bits per heavy atom. The number of ether oxygens (including phenoxy) is 2. The predicted molar refractivity (Wildman–Crippen MR) is 120 cm³/mol. The highest BCUT2D eigenvalue weighted by Gasteiger charge is 2.46. The maximum Gasteiger partial charge on any atom is 0.295 e. The minimum atomic E-state index is -0.656. The molecule has 8 heteroatoms. The average molecular weight is 451 g/mol. The molecule has 0 spiro atoms. The van der Waals surface area contributed by atoms with Gasteiger partial charge in [0.1, 0.15) is 30.7 Å². The molecule has 1 amide bonds. The summed E-state index contributed by atoms with van der Waals surface area (Å²) in [5.74, 6) is -0.599. The van der Waals surface area contributed by atoms with Gasteiger partial charge in [-0.25, -0.2) is 0 Å². The number of carbonyl (C=O) groups excluding carboxylic acids is 2. The molecule has 2 saturated heterocycles. The zero-order valence-corrected chi connectivity index (χ0v) is 18.6. The molecule has 172 valence electrons. The summed E-state index contributed by atoms with van der Waals surface area (Å²) in [6.07, 6.45) is 4.08. The van der Waals surface area contributed by atoms with Gasteiger partial charge in [0.2, 0.25) is 0 Å². The lowest BCUT2D eigenvalue weighted by molar-refractivity contribution is -0.907. The van der Waals surface area contributed by atoms with Crippen molar-refractivity contribution in [1.29, 1.82) is 0 Å². The number of rotatable bonds is 5. The smallest absolute Gasteiger partial charge is 0.295 e. The van der Waals surface area contributed by atoms with Gasteiger partial charge in [-0.05, 0) is 48.4 Å². The maximum atomic E-state index is 13.2. The van der Waals surface area contributed by atoms with Crippen molar-refractivity contribution in [3.8, 4) is 5.75 Å². The molecule has 5 rings (SSSR count). The summed E-state index contributed by atoms with van der Waals surface area (Å²) < 4.78 is 11.2. The molecule has 2 N–H and O–H groups in total. The summed E-state index contributed by atoms with van der Waals surface area (Å²) in [5.41, 5.74) is 2.37. The summed E-state index contributed by atoms with van der Waals surface area (Å²) in [6.45, 7) is 6.26. The number of nitrogens with one attached hydrogen (secondary N) is 1. The number of morpholine rings is 1. The monoisotopic (exact) mass is 450 g/mol. The summed E-state index contributed by atoms with van der Waals surface area (Å²) in [4.78, 5) is 33.3. The molecule has 0 unspecified atom stereocenters. The lowest BCUT2D eigenvalue weighted by atomic mass is 9.95. The molecule has 0 radical (unpaired) electrons. The Bertz CT molecular complexity index is 1090. The van der Waals surface area contributed by atoms with E-state index in [1.165, 1.54) is 4.90 Å². The number of pyridine rings is 1. The first-order valence-corrected chi connectivity index (χ1v) is 11.4. The van der Waals surface area contributed by atoms with Crippen molar-refractivity contribution in [2.24, 2.45) is 0 Å². The van der Waals surface area contributed by atoms with Crippen LogP contribution in [0.15, 0.2) is 48.3 Å². The van der Waals surface area contributed by atoms with Gasteiger partial charge >= 0.3 is 0 Å². The van der Waals surface area contributed by atoms with Gasteiger partial charge in [0.25, 0.3) is 11.7 Å². The van der Waals surface area contributed by atoms with Crippen LogP contribution in [0, 0.1) is 0 Å². The third kappa shape index (κ3) is 4.12.